The third-order valence-corrected chi connectivity index (χ3v) is 5.91. The van der Waals surface area contributed by atoms with Crippen molar-refractivity contribution in [2.24, 2.45) is 5.73 Å². The van der Waals surface area contributed by atoms with Crippen molar-refractivity contribution in [3.05, 3.63) is 0 Å². The molecule has 2 aliphatic rings. The zero-order valence-corrected chi connectivity index (χ0v) is 15.2. The van der Waals surface area contributed by atoms with Crippen LogP contribution in [-0.4, -0.2) is 62.9 Å². The van der Waals surface area contributed by atoms with E-state index in [4.69, 9.17) is 10.5 Å². The Kier molecular flexibility index (Phi) is 8.23. The zero-order valence-electron chi connectivity index (χ0n) is 13.6. The number of ether oxygens (including phenoxy) is 1. The normalized spacial score (nSPS) is 26.1. The maximum absolute atomic E-state index is 12.4. The molecule has 23 heavy (non-hydrogen) atoms. The van der Waals surface area contributed by atoms with E-state index >= 15 is 0 Å². The number of carbonyl (C=O) groups excluding carboxylic acids is 1. The summed E-state index contributed by atoms with van der Waals surface area (Å²) in [6, 6.07) is -0.0677. The van der Waals surface area contributed by atoms with E-state index in [1.807, 2.05) is 6.92 Å². The van der Waals surface area contributed by atoms with E-state index in [-0.39, 0.29) is 42.3 Å². The first-order valence-electron chi connectivity index (χ1n) is 8.09. The van der Waals surface area contributed by atoms with Crippen molar-refractivity contribution in [1.29, 1.82) is 0 Å². The fourth-order valence-electron chi connectivity index (χ4n) is 3.06. The molecular weight excluding hydrogens is 342 g/mol. The zero-order chi connectivity index (χ0) is 16.2. The Balaban J connectivity index is 0.00000264. The number of nitrogens with one attached hydrogen (secondary N) is 1. The second-order valence-corrected chi connectivity index (χ2v) is 7.97. The lowest BCUT2D eigenvalue weighted by atomic mass is 10.0. The van der Waals surface area contributed by atoms with Gasteiger partial charge in [0.2, 0.25) is 10.0 Å². The van der Waals surface area contributed by atoms with Gasteiger partial charge in [-0.15, -0.1) is 12.4 Å². The molecule has 9 heteroatoms. The Bertz CT molecular complexity index is 480. The molecular formula is C14H28ClN3O4S. The Hall–Kier alpha value is -0.410. The third kappa shape index (κ3) is 5.86. The molecule has 0 saturated carbocycles. The summed E-state index contributed by atoms with van der Waals surface area (Å²) in [5.41, 5.74) is 5.56. The van der Waals surface area contributed by atoms with Gasteiger partial charge in [-0.25, -0.2) is 13.1 Å². The van der Waals surface area contributed by atoms with E-state index in [1.54, 1.807) is 4.90 Å². The van der Waals surface area contributed by atoms with Crippen LogP contribution in [0.5, 0.6) is 0 Å². The topological polar surface area (TPSA) is 102 Å². The highest BCUT2D eigenvalue weighted by Crippen LogP contribution is 2.22. The minimum atomic E-state index is -3.19. The van der Waals surface area contributed by atoms with Crippen LogP contribution in [0.15, 0.2) is 0 Å². The number of piperidine rings is 1. The molecule has 0 spiro atoms. The fraction of sp³-hybridized carbons (Fsp3) is 0.929. The van der Waals surface area contributed by atoms with Gasteiger partial charge in [-0.1, -0.05) is 6.92 Å². The van der Waals surface area contributed by atoms with Gasteiger partial charge in [0.05, 0.1) is 11.9 Å². The third-order valence-electron chi connectivity index (χ3n) is 4.27. The molecule has 2 heterocycles. The highest BCUT2D eigenvalue weighted by molar-refractivity contribution is 7.89. The Morgan fingerprint density at radius 3 is 2.43 bits per heavy atom. The van der Waals surface area contributed by atoms with Gasteiger partial charge in [0.25, 0.3) is 5.91 Å². The highest BCUT2D eigenvalue weighted by Gasteiger charge is 2.34. The second kappa shape index (κ2) is 9.17. The average Bonchev–Trinajstić information content (AvgIpc) is 2.95. The van der Waals surface area contributed by atoms with Gasteiger partial charge < -0.3 is 15.4 Å². The van der Waals surface area contributed by atoms with Gasteiger partial charge >= 0.3 is 0 Å². The van der Waals surface area contributed by atoms with Crippen molar-refractivity contribution in [1.82, 2.24) is 9.62 Å². The van der Waals surface area contributed by atoms with Crippen LogP contribution in [0.2, 0.25) is 0 Å². The standard InChI is InChI=1S/C14H27N3O4S.ClH/c1-2-9-22(19,20)16-11-5-7-17(8-6-11)14(18)13-4-3-12(10-15)21-13;/h11-13,16H,2-10,15H2,1H3;1H/t12-,13+;/m1./s1. The lowest BCUT2D eigenvalue weighted by molar-refractivity contribution is -0.143. The van der Waals surface area contributed by atoms with Gasteiger partial charge in [0, 0.05) is 25.7 Å². The maximum Gasteiger partial charge on any atom is 0.251 e. The number of likely N-dealkylation sites (tertiary alicyclic amines) is 1. The lowest BCUT2D eigenvalue weighted by Gasteiger charge is -2.33. The first-order chi connectivity index (χ1) is 10.4. The fourth-order valence-corrected chi connectivity index (χ4v) is 4.46. The molecule has 2 rings (SSSR count). The van der Waals surface area contributed by atoms with Crippen molar-refractivity contribution in [3.63, 3.8) is 0 Å². The summed E-state index contributed by atoms with van der Waals surface area (Å²) < 4.78 is 31.9. The molecule has 2 atom stereocenters. The van der Waals surface area contributed by atoms with E-state index in [2.05, 4.69) is 4.72 Å². The average molecular weight is 370 g/mol. The van der Waals surface area contributed by atoms with E-state index < -0.39 is 10.0 Å². The first-order valence-corrected chi connectivity index (χ1v) is 9.74. The Labute approximate surface area is 144 Å². The van der Waals surface area contributed by atoms with Gasteiger partial charge in [0.1, 0.15) is 6.10 Å². The van der Waals surface area contributed by atoms with E-state index in [9.17, 15) is 13.2 Å². The van der Waals surface area contributed by atoms with Crippen LogP contribution < -0.4 is 10.5 Å². The molecule has 0 aromatic rings. The van der Waals surface area contributed by atoms with Crippen LogP contribution in [0, 0.1) is 0 Å². The number of halogens is 1. The smallest absolute Gasteiger partial charge is 0.251 e. The van der Waals surface area contributed by atoms with Crippen molar-refractivity contribution in [3.8, 4) is 0 Å². The number of nitrogens with two attached hydrogens (primary N) is 1. The van der Waals surface area contributed by atoms with Crippen LogP contribution in [0.25, 0.3) is 0 Å². The van der Waals surface area contributed by atoms with Crippen molar-refractivity contribution < 1.29 is 17.9 Å². The molecule has 7 nitrogen and oxygen atoms in total. The van der Waals surface area contributed by atoms with Crippen molar-refractivity contribution >= 4 is 28.3 Å². The summed E-state index contributed by atoms with van der Waals surface area (Å²) in [4.78, 5) is 14.2. The quantitative estimate of drug-likeness (QED) is 0.698. The minimum absolute atomic E-state index is 0. The molecule has 0 bridgehead atoms. The number of nitrogens with zero attached hydrogens (tertiary/aromatic N) is 1. The Morgan fingerprint density at radius 1 is 1.26 bits per heavy atom. The SMILES string of the molecule is CCCS(=O)(=O)NC1CCN(C(=O)[C@@H]2CC[C@H](CN)O2)CC1.Cl. The predicted molar refractivity (Wildman–Crippen MR) is 91.0 cm³/mol. The summed E-state index contributed by atoms with van der Waals surface area (Å²) in [5.74, 6) is 0.175. The molecule has 0 aromatic carbocycles. The highest BCUT2D eigenvalue weighted by atomic mass is 35.5. The minimum Gasteiger partial charge on any atom is -0.364 e. The molecule has 0 aliphatic carbocycles. The number of hydrogen-bond donors (Lipinski definition) is 2. The molecule has 2 aliphatic heterocycles. The molecule has 136 valence electrons. The van der Waals surface area contributed by atoms with E-state index in [0.29, 0.717) is 38.9 Å². The number of sulfonamides is 1. The first kappa shape index (κ1) is 20.6. The second-order valence-electron chi connectivity index (χ2n) is 6.10. The number of amides is 1. The molecule has 1 amide bonds. The van der Waals surface area contributed by atoms with Gasteiger partial charge in [-0.3, -0.25) is 4.79 Å². The van der Waals surface area contributed by atoms with Gasteiger partial charge in [-0.2, -0.15) is 0 Å². The van der Waals surface area contributed by atoms with Crippen molar-refractivity contribution in [2.45, 2.75) is 57.3 Å². The van der Waals surface area contributed by atoms with Gasteiger partial charge in [0.15, 0.2) is 0 Å². The monoisotopic (exact) mass is 369 g/mol. The number of carbonyl (C=O) groups is 1. The molecule has 0 unspecified atom stereocenters. The Morgan fingerprint density at radius 2 is 1.91 bits per heavy atom. The van der Waals surface area contributed by atoms with E-state index in [1.165, 1.54) is 0 Å². The number of hydrogen-bond acceptors (Lipinski definition) is 5. The number of rotatable bonds is 6. The lowest BCUT2D eigenvalue weighted by Crippen LogP contribution is -2.49. The van der Waals surface area contributed by atoms with Crippen LogP contribution >= 0.6 is 12.4 Å². The van der Waals surface area contributed by atoms with E-state index in [0.717, 1.165) is 12.8 Å². The van der Waals surface area contributed by atoms with Crippen LogP contribution in [0.1, 0.15) is 39.0 Å². The molecule has 3 N–H and O–H groups in total. The predicted octanol–water partition coefficient (Wildman–Crippen LogP) is 0.235. The summed E-state index contributed by atoms with van der Waals surface area (Å²) in [5, 5.41) is 0. The van der Waals surface area contributed by atoms with Crippen LogP contribution in [0.4, 0.5) is 0 Å². The molecule has 2 fully saturated rings. The summed E-state index contributed by atoms with van der Waals surface area (Å²) in [6.07, 6.45) is 3.09. The summed E-state index contributed by atoms with van der Waals surface area (Å²) in [7, 11) is -3.19. The van der Waals surface area contributed by atoms with Crippen LogP contribution in [0.3, 0.4) is 0 Å². The summed E-state index contributed by atoms with van der Waals surface area (Å²) >= 11 is 0. The van der Waals surface area contributed by atoms with Crippen LogP contribution in [-0.2, 0) is 19.6 Å². The molecule has 0 radical (unpaired) electrons. The van der Waals surface area contributed by atoms with Crippen molar-refractivity contribution in [2.75, 3.05) is 25.4 Å². The summed E-state index contributed by atoms with van der Waals surface area (Å²) in [6.45, 7) is 3.44. The van der Waals surface area contributed by atoms with Gasteiger partial charge in [-0.05, 0) is 32.1 Å². The largest absolute Gasteiger partial charge is 0.364 e. The molecule has 0 aromatic heterocycles. The maximum atomic E-state index is 12.4. The molecule has 2 saturated heterocycles.